The van der Waals surface area contributed by atoms with Crippen LogP contribution in [0, 0.1) is 12.7 Å². The number of aryl methyl sites for hydroxylation is 2. The SMILES string of the molecule is CNC(C(=O)NC1CCCN(c2ccc(F)cc2C)C1)c1cnn(C)c1.Cl.Cl. The largest absolute Gasteiger partial charge is 0.369 e. The Kier molecular flexibility index (Phi) is 9.20. The second-order valence-electron chi connectivity index (χ2n) is 6.89. The van der Waals surface area contributed by atoms with Gasteiger partial charge in [-0.3, -0.25) is 9.48 Å². The zero-order valence-corrected chi connectivity index (χ0v) is 17.9. The van der Waals surface area contributed by atoms with Crippen LogP contribution in [0.3, 0.4) is 0 Å². The summed E-state index contributed by atoms with van der Waals surface area (Å²) in [7, 11) is 3.60. The van der Waals surface area contributed by atoms with Crippen molar-refractivity contribution in [2.45, 2.75) is 31.8 Å². The fourth-order valence-electron chi connectivity index (χ4n) is 3.61. The summed E-state index contributed by atoms with van der Waals surface area (Å²) < 4.78 is 15.1. The first-order valence-corrected chi connectivity index (χ1v) is 8.95. The van der Waals surface area contributed by atoms with Crippen LogP contribution in [0.15, 0.2) is 30.6 Å². The van der Waals surface area contributed by atoms with Crippen LogP contribution in [0.2, 0.25) is 0 Å². The van der Waals surface area contributed by atoms with Gasteiger partial charge < -0.3 is 15.5 Å². The van der Waals surface area contributed by atoms with Crippen LogP contribution in [0.4, 0.5) is 10.1 Å². The average Bonchev–Trinajstić information content (AvgIpc) is 3.02. The summed E-state index contributed by atoms with van der Waals surface area (Å²) in [5, 5.41) is 10.4. The molecule has 2 unspecified atom stereocenters. The van der Waals surface area contributed by atoms with Gasteiger partial charge in [-0.15, -0.1) is 24.8 Å². The van der Waals surface area contributed by atoms with Crippen LogP contribution in [-0.4, -0.2) is 41.9 Å². The fraction of sp³-hybridized carbons (Fsp3) is 0.474. The molecule has 1 amide bonds. The Morgan fingerprint density at radius 3 is 2.71 bits per heavy atom. The van der Waals surface area contributed by atoms with Gasteiger partial charge in [-0.25, -0.2) is 4.39 Å². The number of aromatic nitrogens is 2. The van der Waals surface area contributed by atoms with Crippen molar-refractivity contribution in [3.05, 3.63) is 47.5 Å². The van der Waals surface area contributed by atoms with E-state index in [1.807, 2.05) is 26.2 Å². The van der Waals surface area contributed by atoms with Crippen molar-refractivity contribution >= 4 is 36.4 Å². The fourth-order valence-corrected chi connectivity index (χ4v) is 3.61. The number of rotatable bonds is 5. The minimum Gasteiger partial charge on any atom is -0.369 e. The number of hydrogen-bond acceptors (Lipinski definition) is 4. The minimum atomic E-state index is -0.424. The highest BCUT2D eigenvalue weighted by Crippen LogP contribution is 2.25. The molecule has 3 rings (SSSR count). The molecule has 0 aliphatic carbocycles. The number of hydrogen-bond donors (Lipinski definition) is 2. The van der Waals surface area contributed by atoms with Gasteiger partial charge in [0.25, 0.3) is 0 Å². The summed E-state index contributed by atoms with van der Waals surface area (Å²) >= 11 is 0. The van der Waals surface area contributed by atoms with Gasteiger partial charge >= 0.3 is 0 Å². The average molecular weight is 432 g/mol. The lowest BCUT2D eigenvalue weighted by Gasteiger charge is -2.36. The van der Waals surface area contributed by atoms with Crippen molar-refractivity contribution < 1.29 is 9.18 Å². The van der Waals surface area contributed by atoms with Crippen LogP contribution >= 0.6 is 24.8 Å². The molecule has 1 aliphatic rings. The predicted octanol–water partition coefficient (Wildman–Crippen LogP) is 2.76. The van der Waals surface area contributed by atoms with Crippen LogP contribution in [0.25, 0.3) is 0 Å². The maximum atomic E-state index is 13.4. The number of halogens is 3. The number of likely N-dealkylation sites (N-methyl/N-ethyl adjacent to an activating group) is 1. The van der Waals surface area contributed by atoms with Crippen molar-refractivity contribution in [2.75, 3.05) is 25.0 Å². The molecule has 0 radical (unpaired) electrons. The van der Waals surface area contributed by atoms with E-state index >= 15 is 0 Å². The van der Waals surface area contributed by atoms with Crippen LogP contribution in [-0.2, 0) is 11.8 Å². The topological polar surface area (TPSA) is 62.2 Å². The number of carbonyl (C=O) groups excluding carboxylic acids is 1. The third-order valence-corrected chi connectivity index (χ3v) is 4.88. The van der Waals surface area contributed by atoms with E-state index in [0.29, 0.717) is 0 Å². The molecule has 1 aromatic heterocycles. The van der Waals surface area contributed by atoms with Crippen molar-refractivity contribution in [3.8, 4) is 0 Å². The zero-order valence-electron chi connectivity index (χ0n) is 16.3. The number of carbonyl (C=O) groups is 1. The summed E-state index contributed by atoms with van der Waals surface area (Å²) in [6.07, 6.45) is 5.47. The van der Waals surface area contributed by atoms with Gasteiger partial charge in [-0.1, -0.05) is 0 Å². The first kappa shape index (κ1) is 24.2. The molecular weight excluding hydrogens is 404 g/mol. The standard InChI is InChI=1S/C19H26FN5O.2ClH/c1-13-9-15(20)6-7-17(13)25-8-4-5-16(12-25)23-19(26)18(21-2)14-10-22-24(3)11-14;;/h6-7,9-11,16,18,21H,4-5,8,12H2,1-3H3,(H,23,26);2*1H. The smallest absolute Gasteiger partial charge is 0.242 e. The molecule has 0 spiro atoms. The Balaban J connectivity index is 0.00000196. The maximum Gasteiger partial charge on any atom is 0.242 e. The highest BCUT2D eigenvalue weighted by molar-refractivity contribution is 5.85. The third kappa shape index (κ3) is 5.59. The summed E-state index contributed by atoms with van der Waals surface area (Å²) in [6.45, 7) is 3.55. The molecule has 2 heterocycles. The van der Waals surface area contributed by atoms with Gasteiger partial charge in [-0.2, -0.15) is 5.10 Å². The lowest BCUT2D eigenvalue weighted by Crippen LogP contribution is -2.50. The van der Waals surface area contributed by atoms with Gasteiger partial charge in [0, 0.05) is 43.6 Å². The molecule has 0 saturated carbocycles. The summed E-state index contributed by atoms with van der Waals surface area (Å²) in [4.78, 5) is 15.0. The van der Waals surface area contributed by atoms with Gasteiger partial charge in [0.05, 0.1) is 6.20 Å². The Morgan fingerprint density at radius 2 is 2.11 bits per heavy atom. The molecule has 9 heteroatoms. The second kappa shape index (κ2) is 10.6. The molecule has 28 heavy (non-hydrogen) atoms. The van der Waals surface area contributed by atoms with Crippen LogP contribution in [0.5, 0.6) is 0 Å². The molecule has 6 nitrogen and oxygen atoms in total. The highest BCUT2D eigenvalue weighted by atomic mass is 35.5. The Bertz CT molecular complexity index is 785. The zero-order chi connectivity index (χ0) is 18.7. The monoisotopic (exact) mass is 431 g/mol. The van der Waals surface area contributed by atoms with Gasteiger partial charge in [0.1, 0.15) is 11.9 Å². The molecule has 2 atom stereocenters. The second-order valence-corrected chi connectivity index (χ2v) is 6.89. The van der Waals surface area contributed by atoms with Gasteiger partial charge in [-0.05, 0) is 50.6 Å². The summed E-state index contributed by atoms with van der Waals surface area (Å²) in [6, 6.07) is 4.50. The van der Waals surface area contributed by atoms with Crippen molar-refractivity contribution in [2.24, 2.45) is 7.05 Å². The molecular formula is C19H28Cl2FN5O. The Labute approximate surface area is 177 Å². The van der Waals surface area contributed by atoms with E-state index in [2.05, 4.69) is 20.6 Å². The van der Waals surface area contributed by atoms with E-state index in [1.165, 1.54) is 6.07 Å². The lowest BCUT2D eigenvalue weighted by atomic mass is 10.0. The molecule has 0 bridgehead atoms. The van der Waals surface area contributed by atoms with Crippen molar-refractivity contribution in [1.29, 1.82) is 0 Å². The van der Waals surface area contributed by atoms with E-state index in [1.54, 1.807) is 24.0 Å². The number of nitrogens with zero attached hydrogens (tertiary/aromatic N) is 3. The molecule has 1 aliphatic heterocycles. The third-order valence-electron chi connectivity index (χ3n) is 4.88. The van der Waals surface area contributed by atoms with Crippen LogP contribution in [0.1, 0.15) is 30.0 Å². The Hall–Kier alpha value is -1.83. The predicted molar refractivity (Wildman–Crippen MR) is 114 cm³/mol. The number of benzene rings is 1. The molecule has 1 fully saturated rings. The number of amides is 1. The molecule has 2 aromatic rings. The van der Waals surface area contributed by atoms with Crippen LogP contribution < -0.4 is 15.5 Å². The lowest BCUT2D eigenvalue weighted by molar-refractivity contribution is -0.123. The molecule has 156 valence electrons. The molecule has 1 saturated heterocycles. The highest BCUT2D eigenvalue weighted by Gasteiger charge is 2.26. The van der Waals surface area contributed by atoms with E-state index in [0.717, 1.165) is 42.7 Å². The Morgan fingerprint density at radius 1 is 1.36 bits per heavy atom. The van der Waals surface area contributed by atoms with E-state index in [-0.39, 0.29) is 42.6 Å². The van der Waals surface area contributed by atoms with E-state index in [4.69, 9.17) is 0 Å². The van der Waals surface area contributed by atoms with Crippen molar-refractivity contribution in [3.63, 3.8) is 0 Å². The summed E-state index contributed by atoms with van der Waals surface area (Å²) in [5.41, 5.74) is 2.79. The van der Waals surface area contributed by atoms with Crippen molar-refractivity contribution in [1.82, 2.24) is 20.4 Å². The normalized spacial score (nSPS) is 17.3. The van der Waals surface area contributed by atoms with E-state index in [9.17, 15) is 9.18 Å². The number of nitrogens with one attached hydrogen (secondary N) is 2. The minimum absolute atomic E-state index is 0. The number of anilines is 1. The summed E-state index contributed by atoms with van der Waals surface area (Å²) in [5.74, 6) is -0.273. The quantitative estimate of drug-likeness (QED) is 0.763. The number of piperidine rings is 1. The first-order valence-electron chi connectivity index (χ1n) is 8.95. The maximum absolute atomic E-state index is 13.4. The van der Waals surface area contributed by atoms with Gasteiger partial charge in [0.2, 0.25) is 5.91 Å². The molecule has 1 aromatic carbocycles. The first-order chi connectivity index (χ1) is 12.5. The van der Waals surface area contributed by atoms with E-state index < -0.39 is 6.04 Å². The van der Waals surface area contributed by atoms with Gasteiger partial charge in [0.15, 0.2) is 0 Å². The molecule has 2 N–H and O–H groups in total.